The Balaban J connectivity index is 1.60. The smallest absolute Gasteiger partial charge is 0.236 e. The van der Waals surface area contributed by atoms with E-state index >= 15 is 0 Å². The van der Waals surface area contributed by atoms with Crippen LogP contribution in [0.1, 0.15) is 16.8 Å². The predicted molar refractivity (Wildman–Crippen MR) is 100 cm³/mol. The van der Waals surface area contributed by atoms with E-state index in [-0.39, 0.29) is 25.3 Å². The Morgan fingerprint density at radius 2 is 1.77 bits per heavy atom. The van der Waals surface area contributed by atoms with Crippen molar-refractivity contribution in [2.45, 2.75) is 24.0 Å². The average Bonchev–Trinajstić information content (AvgIpc) is 2.73. The van der Waals surface area contributed by atoms with Crippen LogP contribution in [0.15, 0.2) is 59.6 Å². The molecule has 0 saturated carbocycles. The molecule has 0 amide bonds. The number of aromatic nitrogens is 2. The van der Waals surface area contributed by atoms with Crippen molar-refractivity contribution in [1.29, 1.82) is 0 Å². The number of fused-ring (bicyclic) bond motifs is 1. The van der Waals surface area contributed by atoms with Gasteiger partial charge in [-0.1, -0.05) is 6.07 Å². The second kappa shape index (κ2) is 7.44. The normalized spacial score (nSPS) is 15.1. The molecular weight excluding hydrogens is 422 g/mol. The van der Waals surface area contributed by atoms with E-state index in [2.05, 4.69) is 9.97 Å². The number of nitrogens with zero attached hydrogens (tertiary/aromatic N) is 3. The first-order valence-electron chi connectivity index (χ1n) is 8.93. The van der Waals surface area contributed by atoms with Gasteiger partial charge in [-0.2, -0.15) is 17.5 Å². The van der Waals surface area contributed by atoms with Gasteiger partial charge in [-0.3, -0.25) is 0 Å². The summed E-state index contributed by atoms with van der Waals surface area (Å²) in [6, 6.07) is 9.37. The molecule has 156 valence electrons. The van der Waals surface area contributed by atoms with Gasteiger partial charge in [0.05, 0.1) is 16.2 Å². The van der Waals surface area contributed by atoms with Crippen LogP contribution in [0.4, 0.5) is 17.6 Å². The maximum atomic E-state index is 13.1. The lowest BCUT2D eigenvalue weighted by Gasteiger charge is -2.27. The van der Waals surface area contributed by atoms with Crippen LogP contribution in [0.2, 0.25) is 0 Å². The van der Waals surface area contributed by atoms with E-state index in [1.165, 1.54) is 18.3 Å². The minimum atomic E-state index is -4.63. The van der Waals surface area contributed by atoms with Gasteiger partial charge in [-0.25, -0.2) is 22.8 Å². The molecular formula is C20H15F4N3O2S. The maximum absolute atomic E-state index is 13.1. The second-order valence-electron chi connectivity index (χ2n) is 6.79. The summed E-state index contributed by atoms with van der Waals surface area (Å²) in [6.45, 7) is 0.0308. The van der Waals surface area contributed by atoms with Crippen LogP contribution < -0.4 is 0 Å². The minimum Gasteiger partial charge on any atom is -0.236 e. The van der Waals surface area contributed by atoms with Crippen LogP contribution in [0.25, 0.3) is 11.4 Å². The zero-order valence-electron chi connectivity index (χ0n) is 15.4. The predicted octanol–water partition coefficient (Wildman–Crippen LogP) is 4.05. The Morgan fingerprint density at radius 3 is 2.47 bits per heavy atom. The summed E-state index contributed by atoms with van der Waals surface area (Å²) in [5.74, 6) is 0.00934. The molecule has 4 rings (SSSR count). The van der Waals surface area contributed by atoms with E-state index in [1.807, 2.05) is 0 Å². The fourth-order valence-electron chi connectivity index (χ4n) is 3.22. The van der Waals surface area contributed by atoms with Gasteiger partial charge in [0.25, 0.3) is 0 Å². The van der Waals surface area contributed by atoms with Crippen LogP contribution in [-0.2, 0) is 29.2 Å². The number of halogens is 4. The molecule has 1 aliphatic rings. The van der Waals surface area contributed by atoms with Crippen LogP contribution >= 0.6 is 0 Å². The zero-order chi connectivity index (χ0) is 21.5. The molecule has 2 heterocycles. The first-order valence-corrected chi connectivity index (χ1v) is 10.4. The summed E-state index contributed by atoms with van der Waals surface area (Å²) in [6.07, 6.45) is -2.86. The summed E-state index contributed by atoms with van der Waals surface area (Å²) in [5, 5.41) is 0. The number of hydrogen-bond donors (Lipinski definition) is 0. The number of hydrogen-bond acceptors (Lipinski definition) is 4. The molecule has 3 aromatic rings. The number of benzene rings is 2. The molecule has 10 heteroatoms. The van der Waals surface area contributed by atoms with Crippen molar-refractivity contribution in [3.05, 3.63) is 77.4 Å². The van der Waals surface area contributed by atoms with Crippen molar-refractivity contribution in [1.82, 2.24) is 14.3 Å². The van der Waals surface area contributed by atoms with E-state index in [0.717, 1.165) is 22.5 Å². The first kappa shape index (κ1) is 20.4. The fraction of sp³-hybridized carbons (Fsp3) is 0.200. The molecule has 30 heavy (non-hydrogen) atoms. The number of sulfonamides is 1. The van der Waals surface area contributed by atoms with Crippen LogP contribution in [-0.4, -0.2) is 29.2 Å². The Hall–Kier alpha value is -2.85. The third kappa shape index (κ3) is 3.92. The molecule has 0 bridgehead atoms. The van der Waals surface area contributed by atoms with Crippen molar-refractivity contribution in [3.63, 3.8) is 0 Å². The van der Waals surface area contributed by atoms with Gasteiger partial charge in [-0.15, -0.1) is 0 Å². The highest BCUT2D eigenvalue weighted by atomic mass is 32.2. The lowest BCUT2D eigenvalue weighted by atomic mass is 10.1. The van der Waals surface area contributed by atoms with Crippen molar-refractivity contribution < 1.29 is 26.0 Å². The molecule has 0 fully saturated rings. The SMILES string of the molecule is O=S(=O)(c1cccc(C(F)(F)F)c1)N1CCc2nc(-c3ccc(F)cc3)ncc2C1. The molecule has 1 aromatic heterocycles. The molecule has 0 radical (unpaired) electrons. The molecule has 0 atom stereocenters. The van der Waals surface area contributed by atoms with E-state index in [9.17, 15) is 26.0 Å². The molecule has 0 aliphatic carbocycles. The molecule has 1 aliphatic heterocycles. The van der Waals surface area contributed by atoms with Crippen LogP contribution in [0, 0.1) is 5.82 Å². The number of alkyl halides is 3. The molecule has 0 saturated heterocycles. The monoisotopic (exact) mass is 437 g/mol. The van der Waals surface area contributed by atoms with Crippen molar-refractivity contribution >= 4 is 10.0 Å². The van der Waals surface area contributed by atoms with Gasteiger partial charge in [-0.05, 0) is 42.5 Å². The molecule has 0 spiro atoms. The summed E-state index contributed by atoms with van der Waals surface area (Å²) >= 11 is 0. The van der Waals surface area contributed by atoms with E-state index in [4.69, 9.17) is 0 Å². The summed E-state index contributed by atoms with van der Waals surface area (Å²) in [7, 11) is -4.12. The summed E-state index contributed by atoms with van der Waals surface area (Å²) in [4.78, 5) is 8.26. The van der Waals surface area contributed by atoms with Gasteiger partial charge in [0.15, 0.2) is 5.82 Å². The van der Waals surface area contributed by atoms with Gasteiger partial charge in [0.2, 0.25) is 10.0 Å². The fourth-order valence-corrected chi connectivity index (χ4v) is 4.68. The Labute approximate surface area is 170 Å². The van der Waals surface area contributed by atoms with Crippen molar-refractivity contribution in [2.24, 2.45) is 0 Å². The topological polar surface area (TPSA) is 63.2 Å². The van der Waals surface area contributed by atoms with Gasteiger partial charge in [0.1, 0.15) is 5.82 Å². The van der Waals surface area contributed by atoms with Crippen molar-refractivity contribution in [2.75, 3.05) is 6.54 Å². The van der Waals surface area contributed by atoms with Gasteiger partial charge < -0.3 is 0 Å². The highest BCUT2D eigenvalue weighted by Gasteiger charge is 2.34. The minimum absolute atomic E-state index is 0.0440. The lowest BCUT2D eigenvalue weighted by molar-refractivity contribution is -0.137. The number of rotatable bonds is 3. The highest BCUT2D eigenvalue weighted by molar-refractivity contribution is 7.89. The van der Waals surface area contributed by atoms with E-state index in [0.29, 0.717) is 28.7 Å². The Kier molecular flexibility index (Phi) is 5.07. The third-order valence-corrected chi connectivity index (χ3v) is 6.64. The van der Waals surface area contributed by atoms with Crippen LogP contribution in [0.3, 0.4) is 0 Å². The molecule has 0 unspecified atom stereocenters. The average molecular weight is 437 g/mol. The van der Waals surface area contributed by atoms with E-state index in [1.54, 1.807) is 12.1 Å². The standard InChI is InChI=1S/C20H15F4N3O2S/c21-16-6-4-13(5-7-16)19-25-11-14-12-27(9-8-18(14)26-19)30(28,29)17-3-1-2-15(10-17)20(22,23)24/h1-7,10-11H,8-9,12H2. The lowest BCUT2D eigenvalue weighted by Crippen LogP contribution is -2.36. The molecule has 0 N–H and O–H groups in total. The van der Waals surface area contributed by atoms with Gasteiger partial charge >= 0.3 is 6.18 Å². The Morgan fingerprint density at radius 1 is 1.03 bits per heavy atom. The van der Waals surface area contributed by atoms with Crippen molar-refractivity contribution in [3.8, 4) is 11.4 Å². The first-order chi connectivity index (χ1) is 14.1. The zero-order valence-corrected chi connectivity index (χ0v) is 16.2. The maximum Gasteiger partial charge on any atom is 0.416 e. The summed E-state index contributed by atoms with van der Waals surface area (Å²) < 4.78 is 78.8. The largest absolute Gasteiger partial charge is 0.416 e. The third-order valence-electron chi connectivity index (χ3n) is 4.80. The molecule has 2 aromatic carbocycles. The Bertz CT molecular complexity index is 1200. The summed E-state index contributed by atoms with van der Waals surface area (Å²) in [5.41, 5.74) is 0.828. The highest BCUT2D eigenvalue weighted by Crippen LogP contribution is 2.32. The van der Waals surface area contributed by atoms with Crippen LogP contribution in [0.5, 0.6) is 0 Å². The molecule has 5 nitrogen and oxygen atoms in total. The van der Waals surface area contributed by atoms with Gasteiger partial charge in [0, 0.05) is 36.8 Å². The second-order valence-corrected chi connectivity index (χ2v) is 8.72. The quantitative estimate of drug-likeness (QED) is 0.580. The van der Waals surface area contributed by atoms with E-state index < -0.39 is 26.7 Å².